The second kappa shape index (κ2) is 13.8. The minimum absolute atomic E-state index is 0.184. The van der Waals surface area contributed by atoms with Crippen LogP contribution in [0.3, 0.4) is 0 Å². The lowest BCUT2D eigenvalue weighted by Crippen LogP contribution is -2.81. The van der Waals surface area contributed by atoms with Crippen LogP contribution in [-0.2, 0) is 45.8 Å². The lowest BCUT2D eigenvalue weighted by Gasteiger charge is -2.63. The highest BCUT2D eigenvalue weighted by Crippen LogP contribution is 2.68. The SMILES string of the molecule is CC[C@@H]1C[C@@H]2CN(CCc3c([nH]c4ccccc34)[C@@](C(=O)OC)(c3cc4c(cc3OC)N(C)[C@@H]3C45CCN4CC=C[C@](CC)([C@H]45)[C@@H](OC(C)=O)[C@]3(O)C(=O)OC)C2)C1. The van der Waals surface area contributed by atoms with Crippen molar-refractivity contribution in [3.05, 3.63) is 70.9 Å². The van der Waals surface area contributed by atoms with Gasteiger partial charge < -0.3 is 38.8 Å². The van der Waals surface area contributed by atoms with Crippen molar-refractivity contribution in [2.75, 3.05) is 66.0 Å². The number of benzene rings is 2. The van der Waals surface area contributed by atoms with Crippen molar-refractivity contribution in [3.8, 4) is 5.75 Å². The molecule has 1 spiro atoms. The van der Waals surface area contributed by atoms with E-state index < -0.39 is 45.9 Å². The van der Waals surface area contributed by atoms with Crippen molar-refractivity contribution < 1.29 is 38.4 Å². The number of methoxy groups -OCH3 is 3. The summed E-state index contributed by atoms with van der Waals surface area (Å²) in [5, 5.41) is 14.4. The Bertz CT molecular complexity index is 2200. The molecule has 5 aliphatic heterocycles. The third kappa shape index (κ3) is 5.00. The Labute approximate surface area is 340 Å². The Morgan fingerprint density at radius 2 is 1.76 bits per heavy atom. The molecule has 0 amide bonds. The first-order chi connectivity index (χ1) is 27.9. The van der Waals surface area contributed by atoms with Crippen LogP contribution in [0.25, 0.3) is 10.9 Å². The molecule has 2 saturated heterocycles. The van der Waals surface area contributed by atoms with Crippen molar-refractivity contribution in [3.63, 3.8) is 0 Å². The molecule has 12 heteroatoms. The Hall–Kier alpha value is -4.39. The number of carbonyl (C=O) groups is 3. The maximum absolute atomic E-state index is 15.3. The van der Waals surface area contributed by atoms with Gasteiger partial charge in [-0.15, -0.1) is 0 Å². The van der Waals surface area contributed by atoms with Crippen LogP contribution in [-0.4, -0.2) is 123 Å². The van der Waals surface area contributed by atoms with Gasteiger partial charge in [-0.2, -0.15) is 0 Å². The molecule has 1 aromatic heterocycles. The maximum atomic E-state index is 15.3. The van der Waals surface area contributed by atoms with E-state index in [4.69, 9.17) is 18.9 Å². The molecule has 58 heavy (non-hydrogen) atoms. The Kier molecular flexibility index (Phi) is 9.33. The van der Waals surface area contributed by atoms with Gasteiger partial charge in [0, 0.05) is 90.9 Å². The number of carbonyl (C=O) groups excluding carboxylic acids is 3. The summed E-state index contributed by atoms with van der Waals surface area (Å²) in [5.74, 6) is -0.578. The number of aromatic nitrogens is 1. The van der Waals surface area contributed by atoms with E-state index in [2.05, 4.69) is 58.1 Å². The van der Waals surface area contributed by atoms with E-state index in [1.165, 1.54) is 21.1 Å². The first-order valence-electron chi connectivity index (χ1n) is 21.2. The van der Waals surface area contributed by atoms with Crippen molar-refractivity contribution >= 4 is 34.5 Å². The van der Waals surface area contributed by atoms with Crippen LogP contribution in [0.4, 0.5) is 5.69 Å². The topological polar surface area (TPSA) is 134 Å². The number of likely N-dealkylation sites (N-methyl/N-ethyl adjacent to an activating group) is 1. The van der Waals surface area contributed by atoms with E-state index in [1.807, 2.05) is 31.0 Å². The summed E-state index contributed by atoms with van der Waals surface area (Å²) in [5.41, 5.74) is -0.0554. The summed E-state index contributed by atoms with van der Waals surface area (Å²) in [6.45, 7) is 9.79. The number of fused-ring (bicyclic) bond motifs is 6. The van der Waals surface area contributed by atoms with Crippen molar-refractivity contribution in [2.45, 2.75) is 93.9 Å². The molecule has 2 N–H and O–H groups in total. The Morgan fingerprint density at radius 1 is 0.983 bits per heavy atom. The highest BCUT2D eigenvalue weighted by molar-refractivity contribution is 5.95. The number of H-pyrrole nitrogens is 1. The van der Waals surface area contributed by atoms with Gasteiger partial charge in [-0.25, -0.2) is 4.79 Å². The number of esters is 3. The molecule has 9 rings (SSSR count). The van der Waals surface area contributed by atoms with Crippen LogP contribution < -0.4 is 9.64 Å². The predicted octanol–water partition coefficient (Wildman–Crippen LogP) is 4.88. The summed E-state index contributed by atoms with van der Waals surface area (Å²) in [7, 11) is 6.28. The number of hydrogen-bond acceptors (Lipinski definition) is 11. The minimum Gasteiger partial charge on any atom is -0.496 e. The van der Waals surface area contributed by atoms with E-state index in [1.54, 1.807) is 7.11 Å². The van der Waals surface area contributed by atoms with Gasteiger partial charge in [-0.05, 0) is 73.7 Å². The number of nitrogens with one attached hydrogen (secondary N) is 1. The number of ether oxygens (including phenoxy) is 4. The van der Waals surface area contributed by atoms with E-state index in [-0.39, 0.29) is 17.9 Å². The lowest BCUT2D eigenvalue weighted by molar-refractivity contribution is -0.228. The van der Waals surface area contributed by atoms with Gasteiger partial charge in [0.1, 0.15) is 11.2 Å². The number of piperidine rings is 1. The molecule has 2 bridgehead atoms. The molecule has 6 aliphatic rings. The maximum Gasteiger partial charge on any atom is 0.344 e. The summed E-state index contributed by atoms with van der Waals surface area (Å²) >= 11 is 0. The van der Waals surface area contributed by atoms with E-state index in [9.17, 15) is 14.7 Å². The fourth-order valence-electron chi connectivity index (χ4n) is 13.5. The Balaban J connectivity index is 1.36. The summed E-state index contributed by atoms with van der Waals surface area (Å²) in [6.07, 6.45) is 7.33. The van der Waals surface area contributed by atoms with Crippen molar-refractivity contribution in [2.24, 2.45) is 17.3 Å². The molecule has 1 saturated carbocycles. The third-order valence-electron chi connectivity index (χ3n) is 15.5. The van der Waals surface area contributed by atoms with Crippen LogP contribution >= 0.6 is 0 Å². The Morgan fingerprint density at radius 3 is 2.47 bits per heavy atom. The normalized spacial score (nSPS) is 36.1. The number of aliphatic hydroxyl groups is 1. The molecule has 6 heterocycles. The minimum atomic E-state index is -2.27. The fourth-order valence-corrected chi connectivity index (χ4v) is 13.5. The van der Waals surface area contributed by atoms with Gasteiger partial charge >= 0.3 is 17.9 Å². The molecular formula is C46H58N4O8. The third-order valence-corrected chi connectivity index (χ3v) is 15.5. The zero-order valence-electron chi connectivity index (χ0n) is 34.9. The molecule has 2 unspecified atom stereocenters. The zero-order valence-corrected chi connectivity index (χ0v) is 34.9. The molecule has 10 atom stereocenters. The zero-order chi connectivity index (χ0) is 40.9. The predicted molar refractivity (Wildman–Crippen MR) is 219 cm³/mol. The highest BCUT2D eigenvalue weighted by Gasteiger charge is 2.80. The van der Waals surface area contributed by atoms with Gasteiger partial charge in [0.15, 0.2) is 6.10 Å². The second-order valence-corrected chi connectivity index (χ2v) is 18.0. The molecule has 1 aliphatic carbocycles. The number of rotatable bonds is 7. The summed E-state index contributed by atoms with van der Waals surface area (Å²) < 4.78 is 24.0. The lowest BCUT2D eigenvalue weighted by atomic mass is 9.47. The standard InChI is InChI=1S/C46H58N4O8/c1-8-28-21-29-24-45(41(52)56-6,37-31(15-19-49(25-28)26-29)30-13-10-11-14-34(30)47-37)33-22-32-35(23-36(33)55-5)48(4)39-44(32)17-20-50-18-12-16-43(9-2,38(44)50)40(58-27(3)51)46(39,54)42(53)57-7/h10-14,16,22-23,28-29,38-40,47,54H,8-9,15,17-21,24-26H2,1-7H3/t28-,29+,38+,39-,40-,43-,44?,45+,46+/m1/s1. The summed E-state index contributed by atoms with van der Waals surface area (Å²) in [4.78, 5) is 53.5. The van der Waals surface area contributed by atoms with Crippen LogP contribution in [0.15, 0.2) is 48.6 Å². The van der Waals surface area contributed by atoms with E-state index in [0.717, 1.165) is 72.3 Å². The smallest absolute Gasteiger partial charge is 0.344 e. The van der Waals surface area contributed by atoms with E-state index in [0.29, 0.717) is 49.6 Å². The number of para-hydroxylation sites is 1. The molecule has 0 radical (unpaired) electrons. The van der Waals surface area contributed by atoms with Gasteiger partial charge in [0.2, 0.25) is 5.60 Å². The van der Waals surface area contributed by atoms with Gasteiger partial charge in [-0.3, -0.25) is 14.5 Å². The second-order valence-electron chi connectivity index (χ2n) is 18.0. The molecule has 3 aromatic rings. The average Bonchev–Trinajstić information content (AvgIpc) is 3.89. The molecule has 12 nitrogen and oxygen atoms in total. The van der Waals surface area contributed by atoms with Gasteiger partial charge in [0.05, 0.1) is 27.4 Å². The average molecular weight is 795 g/mol. The van der Waals surface area contributed by atoms with Crippen molar-refractivity contribution in [1.29, 1.82) is 0 Å². The van der Waals surface area contributed by atoms with Gasteiger partial charge in [0.25, 0.3) is 0 Å². The van der Waals surface area contributed by atoms with Crippen LogP contribution in [0.5, 0.6) is 5.75 Å². The molecule has 2 aromatic carbocycles. The number of anilines is 1. The van der Waals surface area contributed by atoms with Crippen LogP contribution in [0.1, 0.15) is 75.3 Å². The van der Waals surface area contributed by atoms with Crippen LogP contribution in [0.2, 0.25) is 0 Å². The van der Waals surface area contributed by atoms with Crippen LogP contribution in [0, 0.1) is 17.3 Å². The molecular weight excluding hydrogens is 737 g/mol. The highest BCUT2D eigenvalue weighted by atomic mass is 16.6. The number of nitrogens with zero attached hydrogens (tertiary/aromatic N) is 3. The number of aromatic amines is 1. The molecule has 3 fully saturated rings. The largest absolute Gasteiger partial charge is 0.496 e. The first kappa shape index (κ1) is 39.1. The van der Waals surface area contributed by atoms with E-state index >= 15 is 4.79 Å². The van der Waals surface area contributed by atoms with Gasteiger partial charge in [-0.1, -0.05) is 50.6 Å². The van der Waals surface area contributed by atoms with Crippen molar-refractivity contribution in [1.82, 2.24) is 14.8 Å². The quantitative estimate of drug-likeness (QED) is 0.193. The monoisotopic (exact) mass is 794 g/mol. The number of hydrogen-bond donors (Lipinski definition) is 2. The fraction of sp³-hybridized carbons (Fsp3) is 0.587. The first-order valence-corrected chi connectivity index (χ1v) is 21.2. The molecule has 310 valence electrons. The summed E-state index contributed by atoms with van der Waals surface area (Å²) in [6, 6.07) is 11.3.